The Bertz CT molecular complexity index is 818. The molecule has 2 atom stereocenters. The smallest absolute Gasteiger partial charge is 0.224 e. The Morgan fingerprint density at radius 3 is 2.81 bits per heavy atom. The monoisotopic (exact) mass is 394 g/mol. The number of rotatable bonds is 4. The molecule has 1 aromatic heterocycles. The van der Waals surface area contributed by atoms with Crippen molar-refractivity contribution in [3.63, 3.8) is 0 Å². The van der Waals surface area contributed by atoms with Gasteiger partial charge in [0.1, 0.15) is 0 Å². The molecule has 7 heteroatoms. The zero-order valence-corrected chi connectivity index (χ0v) is 16.8. The van der Waals surface area contributed by atoms with Gasteiger partial charge in [-0.1, -0.05) is 30.1 Å². The van der Waals surface area contributed by atoms with Crippen LogP contribution in [0, 0.1) is 19.8 Å². The largest absolute Gasteiger partial charge is 0.352 e. The van der Waals surface area contributed by atoms with Gasteiger partial charge in [-0.15, -0.1) is 0 Å². The molecule has 1 amide bonds. The van der Waals surface area contributed by atoms with E-state index in [0.717, 1.165) is 42.1 Å². The molecule has 0 bridgehead atoms. The lowest BCUT2D eigenvalue weighted by molar-refractivity contribution is -0.121. The molecule has 2 N–H and O–H groups in total. The van der Waals surface area contributed by atoms with Crippen LogP contribution in [0.3, 0.4) is 0 Å². The third-order valence-electron chi connectivity index (χ3n) is 5.10. The van der Waals surface area contributed by atoms with Crippen LogP contribution in [0.1, 0.15) is 30.3 Å². The topological polar surface area (TPSA) is 59.0 Å². The number of nitrogens with one attached hydrogen (secondary N) is 2. The van der Waals surface area contributed by atoms with Crippen LogP contribution in [-0.2, 0) is 11.2 Å². The van der Waals surface area contributed by atoms with Crippen molar-refractivity contribution in [1.29, 1.82) is 0 Å². The van der Waals surface area contributed by atoms with Gasteiger partial charge in [-0.25, -0.2) is 4.68 Å². The van der Waals surface area contributed by atoms with E-state index in [1.807, 2.05) is 24.6 Å². The Morgan fingerprint density at radius 1 is 1.35 bits per heavy atom. The second-order valence-corrected chi connectivity index (χ2v) is 7.79. The van der Waals surface area contributed by atoms with Gasteiger partial charge in [-0.05, 0) is 50.9 Å². The average molecular weight is 395 g/mol. The van der Waals surface area contributed by atoms with E-state index in [1.54, 1.807) is 12.1 Å². The minimum atomic E-state index is 0.0328. The first-order valence-electron chi connectivity index (χ1n) is 8.87. The maximum Gasteiger partial charge on any atom is 0.224 e. The summed E-state index contributed by atoms with van der Waals surface area (Å²) >= 11 is 12.1. The van der Waals surface area contributed by atoms with E-state index in [0.29, 0.717) is 22.4 Å². The Labute approximate surface area is 164 Å². The highest BCUT2D eigenvalue weighted by atomic mass is 35.5. The van der Waals surface area contributed by atoms with Crippen LogP contribution in [0.25, 0.3) is 5.69 Å². The molecule has 0 aliphatic carbocycles. The van der Waals surface area contributed by atoms with E-state index in [-0.39, 0.29) is 11.9 Å². The van der Waals surface area contributed by atoms with Gasteiger partial charge in [0.15, 0.2) is 0 Å². The number of piperidine rings is 1. The molecular weight excluding hydrogens is 371 g/mol. The van der Waals surface area contributed by atoms with Crippen LogP contribution < -0.4 is 10.6 Å². The highest BCUT2D eigenvalue weighted by Crippen LogP contribution is 2.26. The number of carbonyl (C=O) groups is 1. The van der Waals surface area contributed by atoms with E-state index in [1.165, 1.54) is 0 Å². The molecule has 2 unspecified atom stereocenters. The van der Waals surface area contributed by atoms with Crippen molar-refractivity contribution in [2.24, 2.45) is 5.92 Å². The molecule has 1 aliphatic heterocycles. The molecule has 1 saturated heterocycles. The summed E-state index contributed by atoms with van der Waals surface area (Å²) in [6.07, 6.45) is 1.40. The molecule has 0 radical (unpaired) electrons. The van der Waals surface area contributed by atoms with E-state index in [2.05, 4.69) is 22.7 Å². The zero-order chi connectivity index (χ0) is 18.8. The third kappa shape index (κ3) is 4.05. The number of benzene rings is 1. The Balaban J connectivity index is 1.77. The summed E-state index contributed by atoms with van der Waals surface area (Å²) < 4.78 is 1.81. The molecular formula is C19H24Cl2N4O. The fraction of sp³-hybridized carbons (Fsp3) is 0.474. The Kier molecular flexibility index (Phi) is 5.90. The molecule has 140 valence electrons. The summed E-state index contributed by atoms with van der Waals surface area (Å²) in [7, 11) is 0. The molecule has 26 heavy (non-hydrogen) atoms. The summed E-state index contributed by atoms with van der Waals surface area (Å²) in [4.78, 5) is 12.6. The lowest BCUT2D eigenvalue weighted by Crippen LogP contribution is -2.50. The maximum atomic E-state index is 12.6. The number of nitrogens with zero attached hydrogens (tertiary/aromatic N) is 2. The zero-order valence-electron chi connectivity index (χ0n) is 15.3. The van der Waals surface area contributed by atoms with Gasteiger partial charge in [0, 0.05) is 23.8 Å². The SMILES string of the molecule is Cc1nn(-c2ccc(Cl)c(Cl)c2)c(C)c1CC(=O)NC1CNCCC1C. The standard InChI is InChI=1S/C19H24Cl2N4O/c1-11-6-7-22-10-18(11)23-19(26)9-15-12(2)24-25(13(15)3)14-4-5-16(20)17(21)8-14/h4-5,8,11,18,22H,6-7,9-10H2,1-3H3,(H,23,26). The van der Waals surface area contributed by atoms with E-state index >= 15 is 0 Å². The fourth-order valence-corrected chi connectivity index (χ4v) is 3.69. The molecule has 5 nitrogen and oxygen atoms in total. The molecule has 2 heterocycles. The molecule has 2 aromatic rings. The second-order valence-electron chi connectivity index (χ2n) is 6.98. The van der Waals surface area contributed by atoms with Gasteiger partial charge in [0.2, 0.25) is 5.91 Å². The third-order valence-corrected chi connectivity index (χ3v) is 5.84. The van der Waals surface area contributed by atoms with Crippen molar-refractivity contribution in [2.75, 3.05) is 13.1 Å². The van der Waals surface area contributed by atoms with Gasteiger partial charge >= 0.3 is 0 Å². The quantitative estimate of drug-likeness (QED) is 0.834. The van der Waals surface area contributed by atoms with Crippen molar-refractivity contribution in [1.82, 2.24) is 20.4 Å². The predicted octanol–water partition coefficient (Wildman–Crippen LogP) is 3.45. The first-order chi connectivity index (χ1) is 12.4. The second kappa shape index (κ2) is 7.99. The molecule has 1 aromatic carbocycles. The predicted molar refractivity (Wildman–Crippen MR) is 105 cm³/mol. The highest BCUT2D eigenvalue weighted by molar-refractivity contribution is 6.42. The summed E-state index contributed by atoms with van der Waals surface area (Å²) in [5, 5.41) is 12.1. The number of amides is 1. The summed E-state index contributed by atoms with van der Waals surface area (Å²) in [6.45, 7) is 7.92. The highest BCUT2D eigenvalue weighted by Gasteiger charge is 2.24. The van der Waals surface area contributed by atoms with E-state index in [9.17, 15) is 4.79 Å². The van der Waals surface area contributed by atoms with Gasteiger partial charge in [-0.3, -0.25) is 4.79 Å². The van der Waals surface area contributed by atoms with Crippen molar-refractivity contribution in [3.8, 4) is 5.69 Å². The van der Waals surface area contributed by atoms with Crippen molar-refractivity contribution < 1.29 is 4.79 Å². The van der Waals surface area contributed by atoms with Crippen LogP contribution in [0.15, 0.2) is 18.2 Å². The van der Waals surface area contributed by atoms with Crippen LogP contribution in [0.2, 0.25) is 10.0 Å². The summed E-state index contributed by atoms with van der Waals surface area (Å²) in [6, 6.07) is 5.58. The van der Waals surface area contributed by atoms with E-state index < -0.39 is 0 Å². The Hall–Kier alpha value is -1.56. The van der Waals surface area contributed by atoms with Crippen LogP contribution in [0.4, 0.5) is 0 Å². The van der Waals surface area contributed by atoms with Crippen LogP contribution >= 0.6 is 23.2 Å². The van der Waals surface area contributed by atoms with Crippen molar-refractivity contribution >= 4 is 29.1 Å². The Morgan fingerprint density at radius 2 is 2.12 bits per heavy atom. The van der Waals surface area contributed by atoms with Crippen molar-refractivity contribution in [2.45, 2.75) is 39.7 Å². The van der Waals surface area contributed by atoms with Gasteiger partial charge in [-0.2, -0.15) is 5.10 Å². The number of halogens is 2. The minimum Gasteiger partial charge on any atom is -0.352 e. The van der Waals surface area contributed by atoms with Crippen molar-refractivity contribution in [3.05, 3.63) is 45.2 Å². The molecule has 3 rings (SSSR count). The summed E-state index contributed by atoms with van der Waals surface area (Å²) in [5.74, 6) is 0.520. The number of aryl methyl sites for hydroxylation is 1. The molecule has 0 spiro atoms. The lowest BCUT2D eigenvalue weighted by atomic mass is 9.94. The lowest BCUT2D eigenvalue weighted by Gasteiger charge is -2.30. The maximum absolute atomic E-state index is 12.6. The average Bonchev–Trinajstić information content (AvgIpc) is 2.87. The molecule has 1 fully saturated rings. The van der Waals surface area contributed by atoms with Gasteiger partial charge < -0.3 is 10.6 Å². The number of aromatic nitrogens is 2. The van der Waals surface area contributed by atoms with Gasteiger partial charge in [0.05, 0.1) is 27.8 Å². The normalized spacial score (nSPS) is 20.2. The van der Waals surface area contributed by atoms with E-state index in [4.69, 9.17) is 23.2 Å². The minimum absolute atomic E-state index is 0.0328. The number of hydrogen-bond acceptors (Lipinski definition) is 3. The summed E-state index contributed by atoms with van der Waals surface area (Å²) in [5.41, 5.74) is 3.56. The first-order valence-corrected chi connectivity index (χ1v) is 9.63. The first kappa shape index (κ1) is 19.2. The van der Waals surface area contributed by atoms with Gasteiger partial charge in [0.25, 0.3) is 0 Å². The molecule has 1 aliphatic rings. The van der Waals surface area contributed by atoms with Crippen LogP contribution in [0.5, 0.6) is 0 Å². The van der Waals surface area contributed by atoms with Crippen LogP contribution in [-0.4, -0.2) is 34.8 Å². The molecule has 0 saturated carbocycles. The number of hydrogen-bond donors (Lipinski definition) is 2. The fourth-order valence-electron chi connectivity index (χ4n) is 3.40. The number of carbonyl (C=O) groups excluding carboxylic acids is 1.